The first-order valence-electron chi connectivity index (χ1n) is 6.51. The summed E-state index contributed by atoms with van der Waals surface area (Å²) in [6.45, 7) is 0. The molecule has 0 radical (unpaired) electrons. The molecule has 0 spiro atoms. The van der Waals surface area contributed by atoms with Crippen molar-refractivity contribution in [3.8, 4) is 11.4 Å². The van der Waals surface area contributed by atoms with Crippen molar-refractivity contribution in [2.45, 2.75) is 0 Å². The molecular formula is C16H16N4. The highest BCUT2D eigenvalue weighted by atomic mass is 15.4. The van der Waals surface area contributed by atoms with Crippen LogP contribution in [0.5, 0.6) is 0 Å². The van der Waals surface area contributed by atoms with Crippen LogP contribution in [0.2, 0.25) is 0 Å². The van der Waals surface area contributed by atoms with Gasteiger partial charge in [-0.3, -0.25) is 4.57 Å². The summed E-state index contributed by atoms with van der Waals surface area (Å²) in [4.78, 5) is 2.03. The van der Waals surface area contributed by atoms with Gasteiger partial charge >= 0.3 is 0 Å². The topological polar surface area (TPSA) is 34.0 Å². The summed E-state index contributed by atoms with van der Waals surface area (Å²) in [6.07, 6.45) is 0. The van der Waals surface area contributed by atoms with Crippen LogP contribution in [0.3, 0.4) is 0 Å². The Bertz CT molecular complexity index is 689. The number of hydrogen-bond donors (Lipinski definition) is 0. The van der Waals surface area contributed by atoms with Gasteiger partial charge in [-0.25, -0.2) is 0 Å². The van der Waals surface area contributed by atoms with Gasteiger partial charge in [0.2, 0.25) is 5.95 Å². The zero-order valence-corrected chi connectivity index (χ0v) is 11.6. The molecular weight excluding hydrogens is 248 g/mol. The fraction of sp³-hybridized carbons (Fsp3) is 0.125. The van der Waals surface area contributed by atoms with Crippen LogP contribution in [-0.4, -0.2) is 21.8 Å². The predicted molar refractivity (Wildman–Crippen MR) is 80.9 cm³/mol. The third kappa shape index (κ3) is 2.16. The standard InChI is InChI=1S/C16H16N4/c1-19(14-11-7-4-8-12-14)16-18-17-15(20(16)2)13-9-5-3-6-10-13/h3-12H,1-2H3. The average molecular weight is 264 g/mol. The van der Waals surface area contributed by atoms with E-state index < -0.39 is 0 Å². The number of aromatic nitrogens is 3. The van der Waals surface area contributed by atoms with E-state index in [1.54, 1.807) is 0 Å². The Morgan fingerprint density at radius 2 is 1.45 bits per heavy atom. The van der Waals surface area contributed by atoms with Crippen LogP contribution in [0, 0.1) is 0 Å². The number of para-hydroxylation sites is 1. The fourth-order valence-electron chi connectivity index (χ4n) is 2.22. The first-order valence-corrected chi connectivity index (χ1v) is 6.51. The molecule has 4 nitrogen and oxygen atoms in total. The lowest BCUT2D eigenvalue weighted by Gasteiger charge is -2.17. The van der Waals surface area contributed by atoms with Gasteiger partial charge < -0.3 is 4.90 Å². The molecule has 4 heteroatoms. The molecule has 3 rings (SSSR count). The molecule has 0 aliphatic carbocycles. The molecule has 0 atom stereocenters. The minimum Gasteiger partial charge on any atom is -0.314 e. The highest BCUT2D eigenvalue weighted by molar-refractivity contribution is 5.61. The Balaban J connectivity index is 1.99. The van der Waals surface area contributed by atoms with Crippen LogP contribution in [0.4, 0.5) is 11.6 Å². The summed E-state index contributed by atoms with van der Waals surface area (Å²) in [5.74, 6) is 1.68. The van der Waals surface area contributed by atoms with Crippen molar-refractivity contribution in [1.29, 1.82) is 0 Å². The lowest BCUT2D eigenvalue weighted by atomic mass is 10.2. The van der Waals surface area contributed by atoms with Crippen molar-refractivity contribution < 1.29 is 0 Å². The molecule has 100 valence electrons. The zero-order chi connectivity index (χ0) is 13.9. The van der Waals surface area contributed by atoms with Crippen LogP contribution >= 0.6 is 0 Å². The molecule has 0 saturated heterocycles. The molecule has 1 heterocycles. The van der Waals surface area contributed by atoms with Gasteiger partial charge in [0.1, 0.15) is 0 Å². The van der Waals surface area contributed by atoms with Gasteiger partial charge in [0.05, 0.1) is 0 Å². The number of anilines is 2. The second-order valence-corrected chi connectivity index (χ2v) is 4.64. The van der Waals surface area contributed by atoms with Gasteiger partial charge in [0, 0.05) is 25.3 Å². The number of benzene rings is 2. The van der Waals surface area contributed by atoms with E-state index in [2.05, 4.69) is 22.3 Å². The van der Waals surface area contributed by atoms with Crippen molar-refractivity contribution in [1.82, 2.24) is 14.8 Å². The van der Waals surface area contributed by atoms with Gasteiger partial charge in [0.15, 0.2) is 5.82 Å². The largest absolute Gasteiger partial charge is 0.314 e. The van der Waals surface area contributed by atoms with Crippen molar-refractivity contribution in [2.24, 2.45) is 7.05 Å². The molecule has 0 N–H and O–H groups in total. The number of rotatable bonds is 3. The quantitative estimate of drug-likeness (QED) is 0.728. The molecule has 2 aromatic carbocycles. The molecule has 1 aromatic heterocycles. The van der Waals surface area contributed by atoms with Crippen LogP contribution in [0.15, 0.2) is 60.7 Å². The second-order valence-electron chi connectivity index (χ2n) is 4.64. The molecule has 0 aliphatic heterocycles. The number of hydrogen-bond acceptors (Lipinski definition) is 3. The van der Waals surface area contributed by atoms with Gasteiger partial charge in [0.25, 0.3) is 0 Å². The van der Waals surface area contributed by atoms with Crippen LogP contribution < -0.4 is 4.90 Å². The summed E-state index contributed by atoms with van der Waals surface area (Å²) < 4.78 is 2.00. The fourth-order valence-corrected chi connectivity index (χ4v) is 2.22. The van der Waals surface area contributed by atoms with Crippen molar-refractivity contribution >= 4 is 11.6 Å². The van der Waals surface area contributed by atoms with Crippen LogP contribution in [-0.2, 0) is 7.05 Å². The average Bonchev–Trinajstić information content (AvgIpc) is 2.90. The SMILES string of the molecule is CN(c1ccccc1)c1nnc(-c2ccccc2)n1C. The van der Waals surface area contributed by atoms with Gasteiger partial charge in [-0.05, 0) is 12.1 Å². The van der Waals surface area contributed by atoms with E-state index in [9.17, 15) is 0 Å². The Morgan fingerprint density at radius 1 is 0.850 bits per heavy atom. The van der Waals surface area contributed by atoms with E-state index in [1.165, 1.54) is 0 Å². The van der Waals surface area contributed by atoms with Gasteiger partial charge in [-0.15, -0.1) is 10.2 Å². The van der Waals surface area contributed by atoms with Crippen molar-refractivity contribution in [2.75, 3.05) is 11.9 Å². The first-order chi connectivity index (χ1) is 9.77. The maximum Gasteiger partial charge on any atom is 0.231 e. The van der Waals surface area contributed by atoms with E-state index in [0.29, 0.717) is 0 Å². The molecule has 0 unspecified atom stereocenters. The monoisotopic (exact) mass is 264 g/mol. The van der Waals surface area contributed by atoms with E-state index in [4.69, 9.17) is 0 Å². The van der Waals surface area contributed by atoms with Crippen LogP contribution in [0.1, 0.15) is 0 Å². The first kappa shape index (κ1) is 12.4. The Kier molecular flexibility index (Phi) is 3.21. The summed E-state index contributed by atoms with van der Waals surface area (Å²) in [7, 11) is 3.98. The highest BCUT2D eigenvalue weighted by Gasteiger charge is 2.14. The molecule has 0 bridgehead atoms. The van der Waals surface area contributed by atoms with E-state index in [-0.39, 0.29) is 0 Å². The van der Waals surface area contributed by atoms with Gasteiger partial charge in [-0.2, -0.15) is 0 Å². The predicted octanol–water partition coefficient (Wildman–Crippen LogP) is 3.25. The summed E-state index contributed by atoms with van der Waals surface area (Å²) in [5.41, 5.74) is 2.15. The van der Waals surface area contributed by atoms with E-state index in [0.717, 1.165) is 23.0 Å². The number of nitrogens with zero attached hydrogens (tertiary/aromatic N) is 4. The van der Waals surface area contributed by atoms with Gasteiger partial charge in [-0.1, -0.05) is 48.5 Å². The van der Waals surface area contributed by atoms with Crippen molar-refractivity contribution in [3.63, 3.8) is 0 Å². The maximum absolute atomic E-state index is 4.31. The molecule has 0 aliphatic rings. The third-order valence-corrected chi connectivity index (χ3v) is 3.33. The summed E-state index contributed by atoms with van der Waals surface area (Å²) in [6, 6.07) is 20.2. The molecule has 3 aromatic rings. The van der Waals surface area contributed by atoms with Crippen LogP contribution in [0.25, 0.3) is 11.4 Å². The Morgan fingerprint density at radius 3 is 2.10 bits per heavy atom. The Hall–Kier alpha value is -2.62. The minimum absolute atomic E-state index is 0.815. The molecule has 20 heavy (non-hydrogen) atoms. The molecule has 0 amide bonds. The maximum atomic E-state index is 4.31. The Labute approximate surface area is 118 Å². The molecule has 0 fully saturated rings. The van der Waals surface area contributed by atoms with E-state index >= 15 is 0 Å². The second kappa shape index (κ2) is 5.17. The minimum atomic E-state index is 0.815. The highest BCUT2D eigenvalue weighted by Crippen LogP contribution is 2.25. The lowest BCUT2D eigenvalue weighted by Crippen LogP contribution is -2.14. The summed E-state index contributed by atoms with van der Waals surface area (Å²) in [5, 5.41) is 8.61. The normalized spacial score (nSPS) is 10.5. The third-order valence-electron chi connectivity index (χ3n) is 3.33. The smallest absolute Gasteiger partial charge is 0.231 e. The summed E-state index contributed by atoms with van der Waals surface area (Å²) >= 11 is 0. The van der Waals surface area contributed by atoms with E-state index in [1.807, 2.05) is 72.1 Å². The zero-order valence-electron chi connectivity index (χ0n) is 11.6. The molecule has 0 saturated carbocycles. The van der Waals surface area contributed by atoms with Crippen molar-refractivity contribution in [3.05, 3.63) is 60.7 Å². The lowest BCUT2D eigenvalue weighted by molar-refractivity contribution is 0.890.